The highest BCUT2D eigenvalue weighted by Crippen LogP contribution is 2.30. The van der Waals surface area contributed by atoms with Crippen LogP contribution in [0.4, 0.5) is 0 Å². The summed E-state index contributed by atoms with van der Waals surface area (Å²) in [6.45, 7) is 2.88. The molecule has 0 aromatic heterocycles. The van der Waals surface area contributed by atoms with Gasteiger partial charge in [-0.2, -0.15) is 0 Å². The molecule has 12 atom stereocenters. The van der Waals surface area contributed by atoms with Gasteiger partial charge in [-0.25, -0.2) is 0 Å². The number of hydrogen-bond donors (Lipinski definition) is 9. The molecule has 9 N–H and O–H groups in total. The van der Waals surface area contributed by atoms with Crippen molar-refractivity contribution in [2.24, 2.45) is 0 Å². The van der Waals surface area contributed by atoms with E-state index in [0.29, 0.717) is 12.8 Å². The van der Waals surface area contributed by atoms with E-state index in [1.165, 1.54) is 161 Å². The minimum Gasteiger partial charge on any atom is -0.394 e. The second-order valence-corrected chi connectivity index (χ2v) is 20.8. The number of aliphatic hydroxyl groups excluding tert-OH is 8. The highest BCUT2D eigenvalue weighted by Gasteiger charge is 2.51. The van der Waals surface area contributed by atoms with Crippen LogP contribution in [0.25, 0.3) is 0 Å². The SMILES string of the molecule is CCCCCCCCC/C=C\CCCCCCCCCC(=O)NC(COC1OC(CO)C(OC2OC(CO)C(O)C(O)C2O)C(O)C1O)C(O)CCCCCCCCCCCCCCCCCCCC. The minimum absolute atomic E-state index is 0.208. The molecule has 0 aromatic carbocycles. The molecule has 0 radical (unpaired) electrons. The summed E-state index contributed by atoms with van der Waals surface area (Å²) in [7, 11) is 0. The number of hydrogen-bond acceptors (Lipinski definition) is 13. The van der Waals surface area contributed by atoms with E-state index in [9.17, 15) is 45.6 Å². The second kappa shape index (κ2) is 43.0. The molecule has 14 heteroatoms. The van der Waals surface area contributed by atoms with E-state index in [1.807, 2.05) is 0 Å². The van der Waals surface area contributed by atoms with Crippen LogP contribution in [0.2, 0.25) is 0 Å². The Balaban J connectivity index is 1.78. The molecule has 0 saturated carbocycles. The summed E-state index contributed by atoms with van der Waals surface area (Å²) in [4.78, 5) is 13.2. The van der Waals surface area contributed by atoms with E-state index < -0.39 is 86.8 Å². The Hall–Kier alpha value is -1.27. The number of amides is 1. The lowest BCUT2D eigenvalue weighted by Gasteiger charge is -2.46. The highest BCUT2D eigenvalue weighted by atomic mass is 16.7. The number of nitrogens with one attached hydrogen (secondary N) is 1. The molecule has 12 unspecified atom stereocenters. The summed E-state index contributed by atoms with van der Waals surface area (Å²) in [5, 5.41) is 87.2. The fourth-order valence-electron chi connectivity index (χ4n) is 9.76. The van der Waals surface area contributed by atoms with Gasteiger partial charge in [-0.1, -0.05) is 212 Å². The first kappa shape index (κ1) is 64.8. The zero-order valence-corrected chi connectivity index (χ0v) is 44.3. The molecule has 14 nitrogen and oxygen atoms in total. The Morgan fingerprint density at radius 2 is 0.900 bits per heavy atom. The van der Waals surface area contributed by atoms with Gasteiger partial charge in [-0.3, -0.25) is 4.79 Å². The van der Waals surface area contributed by atoms with Crippen molar-refractivity contribution in [1.82, 2.24) is 5.32 Å². The van der Waals surface area contributed by atoms with Crippen LogP contribution in [0.3, 0.4) is 0 Å². The van der Waals surface area contributed by atoms with Gasteiger partial charge in [0.2, 0.25) is 5.91 Å². The van der Waals surface area contributed by atoms with Gasteiger partial charge in [0.25, 0.3) is 0 Å². The molecule has 2 rings (SSSR count). The third-order valence-electron chi connectivity index (χ3n) is 14.5. The smallest absolute Gasteiger partial charge is 0.220 e. The lowest BCUT2D eigenvalue weighted by Crippen LogP contribution is -2.65. The maximum absolute atomic E-state index is 13.2. The molecule has 2 saturated heterocycles. The Morgan fingerprint density at radius 1 is 0.500 bits per heavy atom. The lowest BCUT2D eigenvalue weighted by molar-refractivity contribution is -0.359. The van der Waals surface area contributed by atoms with Gasteiger partial charge in [-0.15, -0.1) is 0 Å². The summed E-state index contributed by atoms with van der Waals surface area (Å²) in [5.74, 6) is -0.208. The van der Waals surface area contributed by atoms with Crippen LogP contribution in [-0.2, 0) is 23.7 Å². The van der Waals surface area contributed by atoms with E-state index in [2.05, 4.69) is 31.3 Å². The summed E-state index contributed by atoms with van der Waals surface area (Å²) < 4.78 is 22.8. The predicted octanol–water partition coefficient (Wildman–Crippen LogP) is 9.11. The van der Waals surface area contributed by atoms with Crippen LogP contribution in [0.15, 0.2) is 12.2 Å². The van der Waals surface area contributed by atoms with E-state index in [1.54, 1.807) is 0 Å². The molecule has 2 heterocycles. The third kappa shape index (κ3) is 29.0. The molecule has 0 aliphatic carbocycles. The molecule has 1 amide bonds. The maximum atomic E-state index is 13.2. The quantitative estimate of drug-likeness (QED) is 0.0205. The third-order valence-corrected chi connectivity index (χ3v) is 14.5. The van der Waals surface area contributed by atoms with Crippen molar-refractivity contribution in [2.45, 2.75) is 319 Å². The average Bonchev–Trinajstić information content (AvgIpc) is 3.36. The average molecular weight is 1000 g/mol. The number of carbonyl (C=O) groups excluding carboxylic acids is 1. The fourth-order valence-corrected chi connectivity index (χ4v) is 9.76. The monoisotopic (exact) mass is 1000 g/mol. The van der Waals surface area contributed by atoms with Gasteiger partial charge in [0.15, 0.2) is 12.6 Å². The first-order valence-corrected chi connectivity index (χ1v) is 28.9. The number of rotatable bonds is 46. The Morgan fingerprint density at radius 3 is 1.36 bits per heavy atom. The molecule has 2 aliphatic heterocycles. The van der Waals surface area contributed by atoms with Crippen LogP contribution in [0.5, 0.6) is 0 Å². The minimum atomic E-state index is -1.78. The Bertz CT molecular complexity index is 1230. The first-order valence-electron chi connectivity index (χ1n) is 28.9. The lowest BCUT2D eigenvalue weighted by atomic mass is 9.97. The number of ether oxygens (including phenoxy) is 4. The molecule has 0 spiro atoms. The summed E-state index contributed by atoms with van der Waals surface area (Å²) in [5.41, 5.74) is 0. The van der Waals surface area contributed by atoms with Crippen molar-refractivity contribution < 1.29 is 64.6 Å². The Kier molecular flexibility index (Phi) is 39.9. The van der Waals surface area contributed by atoms with Crippen LogP contribution in [-0.4, -0.2) is 140 Å². The standard InChI is InChI=1S/C56H107NO13/c1-3-5-7-9-11-13-15-17-19-21-23-25-27-29-31-33-35-37-39-45(60)44(57-48(61)40-38-36-34-32-30-28-26-24-22-20-18-16-14-12-10-8-6-4-2)43-67-55-53(66)51(64)54(47(42-59)69-55)70-56-52(65)50(63)49(62)46(41-58)68-56/h20,22,44-47,49-56,58-60,62-66H,3-19,21,23-43H2,1-2H3,(H,57,61)/b22-20-. The van der Waals surface area contributed by atoms with E-state index in [0.717, 1.165) is 57.8 Å². The van der Waals surface area contributed by atoms with Crippen molar-refractivity contribution in [3.63, 3.8) is 0 Å². The van der Waals surface area contributed by atoms with Gasteiger partial charge < -0.3 is 65.1 Å². The van der Waals surface area contributed by atoms with Crippen molar-refractivity contribution in [2.75, 3.05) is 19.8 Å². The molecule has 414 valence electrons. The molecule has 0 aromatic rings. The largest absolute Gasteiger partial charge is 0.394 e. The maximum Gasteiger partial charge on any atom is 0.220 e. The molecule has 70 heavy (non-hydrogen) atoms. The normalized spacial score (nSPS) is 26.0. The predicted molar refractivity (Wildman–Crippen MR) is 277 cm³/mol. The van der Waals surface area contributed by atoms with Crippen molar-refractivity contribution in [3.8, 4) is 0 Å². The van der Waals surface area contributed by atoms with Crippen LogP contribution in [0, 0.1) is 0 Å². The first-order chi connectivity index (χ1) is 34.1. The van der Waals surface area contributed by atoms with E-state index in [4.69, 9.17) is 18.9 Å². The summed E-state index contributed by atoms with van der Waals surface area (Å²) >= 11 is 0. The molecule has 0 bridgehead atoms. The van der Waals surface area contributed by atoms with Crippen LogP contribution in [0.1, 0.15) is 245 Å². The number of allylic oxidation sites excluding steroid dienone is 2. The van der Waals surface area contributed by atoms with Gasteiger partial charge in [0, 0.05) is 6.42 Å². The topological polar surface area (TPSA) is 228 Å². The molecule has 2 fully saturated rings. The van der Waals surface area contributed by atoms with Crippen molar-refractivity contribution in [3.05, 3.63) is 12.2 Å². The van der Waals surface area contributed by atoms with Gasteiger partial charge in [0.05, 0.1) is 32.0 Å². The molecule has 2 aliphatic rings. The Labute approximate surface area is 425 Å². The number of unbranched alkanes of at least 4 members (excludes halogenated alkanes) is 31. The zero-order valence-electron chi connectivity index (χ0n) is 44.3. The number of aliphatic hydroxyl groups is 8. The molecular formula is C56H107NO13. The van der Waals surface area contributed by atoms with E-state index >= 15 is 0 Å². The van der Waals surface area contributed by atoms with Crippen LogP contribution < -0.4 is 5.32 Å². The van der Waals surface area contributed by atoms with Crippen molar-refractivity contribution in [1.29, 1.82) is 0 Å². The second-order valence-electron chi connectivity index (χ2n) is 20.8. The van der Waals surface area contributed by atoms with Gasteiger partial charge >= 0.3 is 0 Å². The molecular weight excluding hydrogens is 895 g/mol. The van der Waals surface area contributed by atoms with Gasteiger partial charge in [0.1, 0.15) is 48.8 Å². The van der Waals surface area contributed by atoms with Crippen molar-refractivity contribution >= 4 is 5.91 Å². The van der Waals surface area contributed by atoms with Gasteiger partial charge in [-0.05, 0) is 38.5 Å². The highest BCUT2D eigenvalue weighted by molar-refractivity contribution is 5.76. The van der Waals surface area contributed by atoms with E-state index in [-0.39, 0.29) is 12.5 Å². The number of carbonyl (C=O) groups is 1. The fraction of sp³-hybridized carbons (Fsp3) is 0.946. The summed E-state index contributed by atoms with van der Waals surface area (Å²) in [6.07, 6.45) is 30.6. The zero-order chi connectivity index (χ0) is 51.0. The summed E-state index contributed by atoms with van der Waals surface area (Å²) in [6, 6.07) is -0.827. The van der Waals surface area contributed by atoms with Crippen LogP contribution >= 0.6 is 0 Å².